The van der Waals surface area contributed by atoms with Gasteiger partial charge in [-0.05, 0) is 64.3 Å². The highest BCUT2D eigenvalue weighted by Gasteiger charge is 2.34. The first-order chi connectivity index (χ1) is 14.4. The third kappa shape index (κ3) is 6.63. The molecule has 1 heterocycles. The van der Waals surface area contributed by atoms with Gasteiger partial charge >= 0.3 is 6.18 Å². The van der Waals surface area contributed by atoms with E-state index >= 15 is 0 Å². The predicted octanol–water partition coefficient (Wildman–Crippen LogP) is 4.14. The van der Waals surface area contributed by atoms with Crippen molar-refractivity contribution in [2.75, 3.05) is 7.05 Å². The molecule has 0 bridgehead atoms. The fourth-order valence-electron chi connectivity index (χ4n) is 3.40. The standard InChI is InChI=1S/C22H32F3N5O/c1-13(2)31-18-9-8-17(20(11-18)22(23,24)25)12-27-21(26-6)28-14(3)10-19-15(4)29-30(7)16(19)5/h8-9,11,13-14H,10,12H2,1-7H3,(H2,26,27,28). The molecule has 9 heteroatoms. The van der Waals surface area contributed by atoms with E-state index < -0.39 is 11.7 Å². The summed E-state index contributed by atoms with van der Waals surface area (Å²) in [7, 11) is 3.49. The van der Waals surface area contributed by atoms with E-state index in [0.29, 0.717) is 5.96 Å². The van der Waals surface area contributed by atoms with Gasteiger partial charge < -0.3 is 15.4 Å². The summed E-state index contributed by atoms with van der Waals surface area (Å²) in [6.07, 6.45) is -3.96. The van der Waals surface area contributed by atoms with Crippen LogP contribution in [0.25, 0.3) is 0 Å². The molecule has 172 valence electrons. The van der Waals surface area contributed by atoms with Crippen molar-refractivity contribution >= 4 is 5.96 Å². The van der Waals surface area contributed by atoms with Gasteiger partial charge in [-0.15, -0.1) is 0 Å². The molecular weight excluding hydrogens is 407 g/mol. The second-order valence-corrected chi connectivity index (χ2v) is 7.93. The zero-order chi connectivity index (χ0) is 23.3. The lowest BCUT2D eigenvalue weighted by Crippen LogP contribution is -2.43. The molecule has 0 radical (unpaired) electrons. The molecule has 0 spiro atoms. The Morgan fingerprint density at radius 2 is 1.90 bits per heavy atom. The first kappa shape index (κ1) is 24.6. The molecule has 6 nitrogen and oxygen atoms in total. The Hall–Kier alpha value is -2.71. The van der Waals surface area contributed by atoms with Gasteiger partial charge in [-0.1, -0.05) is 6.07 Å². The molecule has 0 aliphatic rings. The van der Waals surface area contributed by atoms with Crippen LogP contribution in [0.2, 0.25) is 0 Å². The Balaban J connectivity index is 2.08. The third-order valence-corrected chi connectivity index (χ3v) is 4.98. The largest absolute Gasteiger partial charge is 0.491 e. The fraction of sp³-hybridized carbons (Fsp3) is 0.545. The number of benzene rings is 1. The number of nitrogens with one attached hydrogen (secondary N) is 2. The maximum absolute atomic E-state index is 13.6. The van der Waals surface area contributed by atoms with Gasteiger partial charge in [0.05, 0.1) is 17.4 Å². The summed E-state index contributed by atoms with van der Waals surface area (Å²) in [5, 5.41) is 10.7. The number of aliphatic imine (C=N–C) groups is 1. The van der Waals surface area contributed by atoms with Crippen molar-refractivity contribution < 1.29 is 17.9 Å². The molecule has 1 atom stereocenters. The number of aryl methyl sites for hydroxylation is 2. The summed E-state index contributed by atoms with van der Waals surface area (Å²) in [5.74, 6) is 0.631. The quantitative estimate of drug-likeness (QED) is 0.503. The van der Waals surface area contributed by atoms with Crippen molar-refractivity contribution in [3.63, 3.8) is 0 Å². The Bertz CT molecular complexity index is 919. The molecule has 2 rings (SSSR count). The number of guanidine groups is 1. The van der Waals surface area contributed by atoms with Crippen LogP contribution in [-0.4, -0.2) is 34.9 Å². The number of halogens is 3. The van der Waals surface area contributed by atoms with E-state index in [-0.39, 0.29) is 30.0 Å². The van der Waals surface area contributed by atoms with Crippen LogP contribution in [0.3, 0.4) is 0 Å². The minimum Gasteiger partial charge on any atom is -0.491 e. The Labute approximate surface area is 181 Å². The first-order valence-corrected chi connectivity index (χ1v) is 10.2. The Morgan fingerprint density at radius 3 is 2.42 bits per heavy atom. The van der Waals surface area contributed by atoms with Gasteiger partial charge in [0.15, 0.2) is 5.96 Å². The van der Waals surface area contributed by atoms with Crippen LogP contribution < -0.4 is 15.4 Å². The molecule has 1 unspecified atom stereocenters. The van der Waals surface area contributed by atoms with E-state index in [0.717, 1.165) is 29.4 Å². The van der Waals surface area contributed by atoms with E-state index in [1.807, 2.05) is 32.5 Å². The lowest BCUT2D eigenvalue weighted by Gasteiger charge is -2.20. The highest BCUT2D eigenvalue weighted by atomic mass is 19.4. The van der Waals surface area contributed by atoms with Crippen LogP contribution in [-0.2, 0) is 26.2 Å². The highest BCUT2D eigenvalue weighted by molar-refractivity contribution is 5.80. The summed E-state index contributed by atoms with van der Waals surface area (Å²) in [6, 6.07) is 4.05. The van der Waals surface area contributed by atoms with Gasteiger partial charge in [0.25, 0.3) is 0 Å². The predicted molar refractivity (Wildman–Crippen MR) is 116 cm³/mol. The maximum Gasteiger partial charge on any atom is 0.416 e. The molecule has 0 saturated heterocycles. The topological polar surface area (TPSA) is 63.5 Å². The van der Waals surface area contributed by atoms with Gasteiger partial charge in [-0.3, -0.25) is 9.67 Å². The maximum atomic E-state index is 13.6. The number of rotatable bonds is 7. The molecule has 1 aromatic carbocycles. The van der Waals surface area contributed by atoms with Crippen LogP contribution in [0, 0.1) is 13.8 Å². The second kappa shape index (κ2) is 10.1. The lowest BCUT2D eigenvalue weighted by molar-refractivity contribution is -0.138. The smallest absolute Gasteiger partial charge is 0.416 e. The van der Waals surface area contributed by atoms with Gasteiger partial charge in [-0.2, -0.15) is 18.3 Å². The number of aromatic nitrogens is 2. The van der Waals surface area contributed by atoms with Gasteiger partial charge in [0, 0.05) is 32.4 Å². The van der Waals surface area contributed by atoms with Crippen LogP contribution in [0.1, 0.15) is 48.8 Å². The lowest BCUT2D eigenvalue weighted by atomic mass is 10.1. The average molecular weight is 440 g/mol. The van der Waals surface area contributed by atoms with E-state index in [4.69, 9.17) is 4.74 Å². The number of hydrogen-bond donors (Lipinski definition) is 2. The average Bonchev–Trinajstić information content (AvgIpc) is 2.90. The molecule has 2 aromatic rings. The van der Waals surface area contributed by atoms with Crippen LogP contribution in [0.4, 0.5) is 13.2 Å². The van der Waals surface area contributed by atoms with Gasteiger partial charge in [-0.25, -0.2) is 0 Å². The summed E-state index contributed by atoms with van der Waals surface area (Å²) >= 11 is 0. The molecule has 31 heavy (non-hydrogen) atoms. The minimum absolute atomic E-state index is 0.0108. The van der Waals surface area contributed by atoms with E-state index in [1.54, 1.807) is 27.0 Å². The minimum atomic E-state index is -4.48. The number of nitrogens with zero attached hydrogens (tertiary/aromatic N) is 3. The van der Waals surface area contributed by atoms with Gasteiger partial charge in [0.1, 0.15) is 5.75 Å². The van der Waals surface area contributed by atoms with Crippen LogP contribution in [0.15, 0.2) is 23.2 Å². The van der Waals surface area contributed by atoms with Crippen molar-refractivity contribution in [1.82, 2.24) is 20.4 Å². The highest BCUT2D eigenvalue weighted by Crippen LogP contribution is 2.34. The summed E-state index contributed by atoms with van der Waals surface area (Å²) in [4.78, 5) is 4.15. The SMILES string of the molecule is CN=C(NCc1ccc(OC(C)C)cc1C(F)(F)F)NC(C)Cc1c(C)nn(C)c1C. The molecule has 0 fully saturated rings. The Kier molecular flexibility index (Phi) is 7.97. The van der Waals surface area contributed by atoms with E-state index in [9.17, 15) is 13.2 Å². The zero-order valence-electron chi connectivity index (χ0n) is 19.2. The third-order valence-electron chi connectivity index (χ3n) is 4.98. The molecule has 1 aromatic heterocycles. The molecule has 2 N–H and O–H groups in total. The molecule has 0 aliphatic heterocycles. The zero-order valence-corrected chi connectivity index (χ0v) is 19.2. The molecule has 0 amide bonds. The summed E-state index contributed by atoms with van der Waals surface area (Å²) < 4.78 is 48.0. The van der Waals surface area contributed by atoms with Gasteiger partial charge in [0.2, 0.25) is 0 Å². The second-order valence-electron chi connectivity index (χ2n) is 7.93. The monoisotopic (exact) mass is 439 g/mol. The van der Waals surface area contributed by atoms with E-state index in [2.05, 4.69) is 20.7 Å². The molecule has 0 saturated carbocycles. The first-order valence-electron chi connectivity index (χ1n) is 10.2. The van der Waals surface area contributed by atoms with Crippen molar-refractivity contribution in [2.24, 2.45) is 12.0 Å². The Morgan fingerprint density at radius 1 is 1.23 bits per heavy atom. The summed E-state index contributed by atoms with van der Waals surface area (Å²) in [6.45, 7) is 9.50. The van der Waals surface area contributed by atoms with Crippen molar-refractivity contribution in [2.45, 2.75) is 65.9 Å². The number of alkyl halides is 3. The van der Waals surface area contributed by atoms with E-state index in [1.165, 1.54) is 6.07 Å². The normalized spacial score (nSPS) is 13.5. The van der Waals surface area contributed by atoms with Crippen molar-refractivity contribution in [3.05, 3.63) is 46.3 Å². The van der Waals surface area contributed by atoms with Crippen molar-refractivity contribution in [1.29, 1.82) is 0 Å². The van der Waals surface area contributed by atoms with Crippen LogP contribution >= 0.6 is 0 Å². The summed E-state index contributed by atoms with van der Waals surface area (Å²) in [5.41, 5.74) is 2.61. The van der Waals surface area contributed by atoms with Crippen LogP contribution in [0.5, 0.6) is 5.75 Å². The number of hydrogen-bond acceptors (Lipinski definition) is 3. The molecular formula is C22H32F3N5O. The van der Waals surface area contributed by atoms with Crippen molar-refractivity contribution in [3.8, 4) is 5.75 Å². The number of ether oxygens (including phenoxy) is 1. The molecule has 0 aliphatic carbocycles. The fourth-order valence-corrected chi connectivity index (χ4v) is 3.40.